The second-order valence-corrected chi connectivity index (χ2v) is 3.66. The first-order valence-corrected chi connectivity index (χ1v) is 5.15. The largest absolute Gasteiger partial charge is 0.355 e. The molecule has 0 heterocycles. The zero-order valence-electron chi connectivity index (χ0n) is 8.36. The SMILES string of the molecule is C#CCCNC(=O)Cc1ccc(S)cc1. The van der Waals surface area contributed by atoms with Crippen LogP contribution in [0.15, 0.2) is 29.2 Å². The molecule has 1 aromatic carbocycles. The Morgan fingerprint density at radius 2 is 2.07 bits per heavy atom. The third kappa shape index (κ3) is 4.57. The van der Waals surface area contributed by atoms with Crippen molar-refractivity contribution in [3.05, 3.63) is 29.8 Å². The minimum atomic E-state index is -0.00263. The lowest BCUT2D eigenvalue weighted by Crippen LogP contribution is -2.25. The molecule has 0 aliphatic rings. The molecule has 0 radical (unpaired) electrons. The van der Waals surface area contributed by atoms with Gasteiger partial charge in [0.1, 0.15) is 0 Å². The Morgan fingerprint density at radius 1 is 1.40 bits per heavy atom. The second kappa shape index (κ2) is 6.15. The van der Waals surface area contributed by atoms with Gasteiger partial charge in [0, 0.05) is 17.9 Å². The third-order valence-electron chi connectivity index (χ3n) is 1.89. The van der Waals surface area contributed by atoms with Gasteiger partial charge in [0.25, 0.3) is 0 Å². The minimum Gasteiger partial charge on any atom is -0.355 e. The summed E-state index contributed by atoms with van der Waals surface area (Å²) in [5.74, 6) is 2.47. The quantitative estimate of drug-likeness (QED) is 0.450. The van der Waals surface area contributed by atoms with Crippen molar-refractivity contribution in [2.75, 3.05) is 6.54 Å². The van der Waals surface area contributed by atoms with Crippen molar-refractivity contribution < 1.29 is 4.79 Å². The van der Waals surface area contributed by atoms with E-state index >= 15 is 0 Å². The number of amides is 1. The van der Waals surface area contributed by atoms with Crippen LogP contribution in [-0.2, 0) is 11.2 Å². The summed E-state index contributed by atoms with van der Waals surface area (Å²) in [6, 6.07) is 7.52. The van der Waals surface area contributed by atoms with Crippen LogP contribution in [0.4, 0.5) is 0 Å². The van der Waals surface area contributed by atoms with E-state index in [-0.39, 0.29) is 5.91 Å². The molecule has 0 aromatic heterocycles. The molecular weight excluding hydrogens is 206 g/mol. The molecule has 0 aliphatic carbocycles. The number of terminal acetylenes is 1. The molecule has 1 aromatic rings. The van der Waals surface area contributed by atoms with Crippen molar-refractivity contribution in [3.63, 3.8) is 0 Å². The van der Waals surface area contributed by atoms with E-state index in [0.717, 1.165) is 10.5 Å². The summed E-state index contributed by atoms with van der Waals surface area (Å²) in [6.07, 6.45) is 6.03. The Bertz CT molecular complexity index is 364. The highest BCUT2D eigenvalue weighted by Crippen LogP contribution is 2.07. The number of hydrogen-bond acceptors (Lipinski definition) is 2. The van der Waals surface area contributed by atoms with E-state index in [1.807, 2.05) is 24.3 Å². The van der Waals surface area contributed by atoms with Gasteiger partial charge in [-0.15, -0.1) is 25.0 Å². The molecule has 0 unspecified atom stereocenters. The number of carbonyl (C=O) groups is 1. The van der Waals surface area contributed by atoms with Gasteiger partial charge in [-0.3, -0.25) is 4.79 Å². The van der Waals surface area contributed by atoms with Gasteiger partial charge in [-0.25, -0.2) is 0 Å². The molecule has 2 nitrogen and oxygen atoms in total. The van der Waals surface area contributed by atoms with Gasteiger partial charge < -0.3 is 5.32 Å². The van der Waals surface area contributed by atoms with Gasteiger partial charge in [0.2, 0.25) is 5.91 Å². The summed E-state index contributed by atoms with van der Waals surface area (Å²) in [5.41, 5.74) is 0.978. The molecule has 78 valence electrons. The van der Waals surface area contributed by atoms with Gasteiger partial charge in [0.05, 0.1) is 6.42 Å². The molecule has 0 saturated heterocycles. The van der Waals surface area contributed by atoms with Crippen LogP contribution < -0.4 is 5.32 Å². The Morgan fingerprint density at radius 3 is 2.67 bits per heavy atom. The van der Waals surface area contributed by atoms with Crippen LogP contribution in [0.25, 0.3) is 0 Å². The Kier molecular flexibility index (Phi) is 4.79. The van der Waals surface area contributed by atoms with Crippen molar-refractivity contribution in [3.8, 4) is 12.3 Å². The van der Waals surface area contributed by atoms with Crippen molar-refractivity contribution >= 4 is 18.5 Å². The molecule has 0 aliphatic heterocycles. The molecule has 1 amide bonds. The van der Waals surface area contributed by atoms with E-state index in [0.29, 0.717) is 19.4 Å². The molecule has 15 heavy (non-hydrogen) atoms. The number of nitrogens with one attached hydrogen (secondary N) is 1. The molecular formula is C12H13NOS. The first-order valence-electron chi connectivity index (χ1n) is 4.70. The minimum absolute atomic E-state index is 0.00263. The van der Waals surface area contributed by atoms with Crippen LogP contribution in [0, 0.1) is 12.3 Å². The highest BCUT2D eigenvalue weighted by molar-refractivity contribution is 7.80. The van der Waals surface area contributed by atoms with Gasteiger partial charge in [-0.2, -0.15) is 0 Å². The van der Waals surface area contributed by atoms with Crippen LogP contribution >= 0.6 is 12.6 Å². The van der Waals surface area contributed by atoms with Crippen LogP contribution in [0.1, 0.15) is 12.0 Å². The molecule has 0 saturated carbocycles. The van der Waals surface area contributed by atoms with Crippen LogP contribution in [-0.4, -0.2) is 12.5 Å². The maximum Gasteiger partial charge on any atom is 0.224 e. The van der Waals surface area contributed by atoms with E-state index < -0.39 is 0 Å². The predicted octanol–water partition coefficient (Wildman–Crippen LogP) is 1.66. The molecule has 1 N–H and O–H groups in total. The third-order valence-corrected chi connectivity index (χ3v) is 2.19. The zero-order chi connectivity index (χ0) is 11.1. The Balaban J connectivity index is 2.38. The summed E-state index contributed by atoms with van der Waals surface area (Å²) >= 11 is 4.17. The highest BCUT2D eigenvalue weighted by Gasteiger charge is 2.01. The molecule has 0 spiro atoms. The average Bonchev–Trinajstić information content (AvgIpc) is 2.22. The summed E-state index contributed by atoms with van der Waals surface area (Å²) < 4.78 is 0. The maximum absolute atomic E-state index is 11.4. The summed E-state index contributed by atoms with van der Waals surface area (Å²) in [4.78, 5) is 12.3. The average molecular weight is 219 g/mol. The fourth-order valence-corrected chi connectivity index (χ4v) is 1.28. The molecule has 0 atom stereocenters. The topological polar surface area (TPSA) is 29.1 Å². The second-order valence-electron chi connectivity index (χ2n) is 3.15. The van der Waals surface area contributed by atoms with Crippen LogP contribution in [0.5, 0.6) is 0 Å². The van der Waals surface area contributed by atoms with E-state index in [2.05, 4.69) is 23.9 Å². The van der Waals surface area contributed by atoms with Crippen LogP contribution in [0.3, 0.4) is 0 Å². The van der Waals surface area contributed by atoms with Crippen LogP contribution in [0.2, 0.25) is 0 Å². The highest BCUT2D eigenvalue weighted by atomic mass is 32.1. The number of thiol groups is 1. The predicted molar refractivity (Wildman–Crippen MR) is 63.9 cm³/mol. The number of rotatable bonds is 4. The molecule has 1 rings (SSSR count). The Labute approximate surface area is 95.5 Å². The maximum atomic E-state index is 11.4. The standard InChI is InChI=1S/C12H13NOS/c1-2-3-8-13-12(14)9-10-4-6-11(15)7-5-10/h1,4-7,15H,3,8-9H2,(H,13,14). The fraction of sp³-hybridized carbons (Fsp3) is 0.250. The van der Waals surface area contributed by atoms with Crippen molar-refractivity contribution in [1.82, 2.24) is 5.32 Å². The normalized spacial score (nSPS) is 9.33. The summed E-state index contributed by atoms with van der Waals surface area (Å²) in [5, 5.41) is 2.75. The van der Waals surface area contributed by atoms with Crippen molar-refractivity contribution in [2.24, 2.45) is 0 Å². The molecule has 0 fully saturated rings. The monoisotopic (exact) mass is 219 g/mol. The lowest BCUT2D eigenvalue weighted by Gasteiger charge is -2.03. The number of benzene rings is 1. The van der Waals surface area contributed by atoms with E-state index in [4.69, 9.17) is 6.42 Å². The van der Waals surface area contributed by atoms with Crippen molar-refractivity contribution in [1.29, 1.82) is 0 Å². The van der Waals surface area contributed by atoms with E-state index in [9.17, 15) is 4.79 Å². The van der Waals surface area contributed by atoms with Gasteiger partial charge >= 0.3 is 0 Å². The smallest absolute Gasteiger partial charge is 0.224 e. The number of hydrogen-bond donors (Lipinski definition) is 2. The first-order chi connectivity index (χ1) is 7.22. The first kappa shape index (κ1) is 11.7. The fourth-order valence-electron chi connectivity index (χ4n) is 1.14. The van der Waals surface area contributed by atoms with E-state index in [1.165, 1.54) is 0 Å². The summed E-state index contributed by atoms with van der Waals surface area (Å²) in [7, 11) is 0. The lowest BCUT2D eigenvalue weighted by molar-refractivity contribution is -0.120. The van der Waals surface area contributed by atoms with Gasteiger partial charge in [0.15, 0.2) is 0 Å². The van der Waals surface area contributed by atoms with Crippen molar-refractivity contribution in [2.45, 2.75) is 17.7 Å². The lowest BCUT2D eigenvalue weighted by atomic mass is 10.1. The van der Waals surface area contributed by atoms with E-state index in [1.54, 1.807) is 0 Å². The number of carbonyl (C=O) groups excluding carboxylic acids is 1. The Hall–Kier alpha value is -1.40. The van der Waals surface area contributed by atoms with Gasteiger partial charge in [-0.05, 0) is 17.7 Å². The molecule has 3 heteroatoms. The summed E-state index contributed by atoms with van der Waals surface area (Å²) in [6.45, 7) is 0.542. The van der Waals surface area contributed by atoms with Gasteiger partial charge in [-0.1, -0.05) is 12.1 Å². The molecule has 0 bridgehead atoms. The zero-order valence-corrected chi connectivity index (χ0v) is 9.26.